The second kappa shape index (κ2) is 6.23. The third kappa shape index (κ3) is 3.23. The maximum atomic E-state index is 13.6. The summed E-state index contributed by atoms with van der Waals surface area (Å²) in [5.41, 5.74) is -0.581. The quantitative estimate of drug-likeness (QED) is 0.573. The highest BCUT2D eigenvalue weighted by molar-refractivity contribution is 6.76. The Kier molecular flexibility index (Phi) is 4.32. The van der Waals surface area contributed by atoms with Crippen LogP contribution in [-0.2, 0) is 0 Å². The standard InChI is InChI=1S/C17H19BF3O/c19-18(20,21)17-15-10-6-5-7-13(15)11-12-16(17)22-14-8-3-1-2-4-9-14/h5-7,10-12,14H,1-4,8-9H2/q-1. The predicted molar refractivity (Wildman–Crippen MR) is 84.8 cm³/mol. The summed E-state index contributed by atoms with van der Waals surface area (Å²) in [6, 6.07) is 9.82. The van der Waals surface area contributed by atoms with Crippen LogP contribution in [0.1, 0.15) is 38.5 Å². The fraction of sp³-hybridized carbons (Fsp3) is 0.412. The maximum Gasteiger partial charge on any atom is 0.513 e. The summed E-state index contributed by atoms with van der Waals surface area (Å²) in [5, 5.41) is 0.839. The van der Waals surface area contributed by atoms with Gasteiger partial charge in [0.25, 0.3) is 0 Å². The summed E-state index contributed by atoms with van der Waals surface area (Å²) in [5.74, 6) is -0.00176. The zero-order valence-corrected chi connectivity index (χ0v) is 12.4. The van der Waals surface area contributed by atoms with Gasteiger partial charge in [0.2, 0.25) is 0 Å². The van der Waals surface area contributed by atoms with Crippen LogP contribution in [0.3, 0.4) is 0 Å². The molecule has 2 aromatic carbocycles. The molecule has 0 spiro atoms. The van der Waals surface area contributed by atoms with Gasteiger partial charge in [0.05, 0.1) is 11.9 Å². The minimum atomic E-state index is -5.11. The van der Waals surface area contributed by atoms with Crippen molar-refractivity contribution in [2.75, 3.05) is 0 Å². The van der Waals surface area contributed by atoms with E-state index < -0.39 is 12.4 Å². The Balaban J connectivity index is 2.01. The van der Waals surface area contributed by atoms with Gasteiger partial charge >= 0.3 is 6.98 Å². The van der Waals surface area contributed by atoms with Crippen molar-refractivity contribution in [3.8, 4) is 5.75 Å². The molecule has 1 aliphatic rings. The molecule has 0 aliphatic heterocycles. The summed E-state index contributed by atoms with van der Waals surface area (Å²) in [6.07, 6.45) is 5.95. The number of hydrogen-bond donors (Lipinski definition) is 0. The van der Waals surface area contributed by atoms with Crippen molar-refractivity contribution in [2.45, 2.75) is 44.6 Å². The van der Waals surface area contributed by atoms with Crippen LogP contribution in [-0.4, -0.2) is 13.1 Å². The number of rotatable bonds is 3. The van der Waals surface area contributed by atoms with E-state index in [4.69, 9.17) is 4.74 Å². The molecular formula is C17H19BF3O-. The molecule has 22 heavy (non-hydrogen) atoms. The number of halogens is 3. The van der Waals surface area contributed by atoms with Gasteiger partial charge in [0.15, 0.2) is 0 Å². The highest BCUT2D eigenvalue weighted by Gasteiger charge is 2.32. The molecule has 0 atom stereocenters. The Labute approximate surface area is 128 Å². The number of hydrogen-bond acceptors (Lipinski definition) is 1. The highest BCUT2D eigenvalue weighted by Crippen LogP contribution is 2.28. The zero-order chi connectivity index (χ0) is 15.6. The van der Waals surface area contributed by atoms with Crippen LogP contribution < -0.4 is 10.2 Å². The molecule has 1 saturated carbocycles. The average Bonchev–Trinajstić information content (AvgIpc) is 2.74. The van der Waals surface area contributed by atoms with E-state index in [1.54, 1.807) is 24.3 Å². The van der Waals surface area contributed by atoms with E-state index in [1.807, 2.05) is 0 Å². The van der Waals surface area contributed by atoms with Gasteiger partial charge in [-0.1, -0.05) is 48.6 Å². The van der Waals surface area contributed by atoms with Gasteiger partial charge in [-0.15, -0.1) is 0 Å². The van der Waals surface area contributed by atoms with Gasteiger partial charge in [-0.05, 0) is 42.5 Å². The third-order valence-corrected chi connectivity index (χ3v) is 4.35. The molecule has 0 N–H and O–H groups in total. The summed E-state index contributed by atoms with van der Waals surface area (Å²) < 4.78 is 46.6. The molecule has 118 valence electrons. The average molecular weight is 307 g/mol. The van der Waals surface area contributed by atoms with Crippen LogP contribution in [0.4, 0.5) is 12.9 Å². The molecular weight excluding hydrogens is 288 g/mol. The van der Waals surface area contributed by atoms with Crippen molar-refractivity contribution in [1.29, 1.82) is 0 Å². The predicted octanol–water partition coefficient (Wildman–Crippen LogP) is 5.00. The largest absolute Gasteiger partial charge is 0.513 e. The molecule has 0 amide bonds. The molecule has 0 radical (unpaired) electrons. The van der Waals surface area contributed by atoms with Crippen molar-refractivity contribution in [1.82, 2.24) is 0 Å². The number of benzene rings is 2. The van der Waals surface area contributed by atoms with Crippen LogP contribution in [0, 0.1) is 0 Å². The monoisotopic (exact) mass is 307 g/mol. The molecule has 0 saturated heterocycles. The van der Waals surface area contributed by atoms with Gasteiger partial charge in [-0.25, -0.2) is 0 Å². The van der Waals surface area contributed by atoms with Gasteiger partial charge < -0.3 is 17.7 Å². The van der Waals surface area contributed by atoms with Gasteiger partial charge in [-0.2, -0.15) is 0 Å². The lowest BCUT2D eigenvalue weighted by Crippen LogP contribution is -2.37. The van der Waals surface area contributed by atoms with Crippen LogP contribution in [0.25, 0.3) is 10.8 Å². The first kappa shape index (κ1) is 15.3. The molecule has 3 rings (SSSR count). The second-order valence-corrected chi connectivity index (χ2v) is 6.00. The Morgan fingerprint density at radius 3 is 2.23 bits per heavy atom. The maximum absolute atomic E-state index is 13.6. The minimum absolute atomic E-state index is 0.00176. The lowest BCUT2D eigenvalue weighted by Gasteiger charge is -2.25. The lowest BCUT2D eigenvalue weighted by atomic mass is 9.76. The Morgan fingerprint density at radius 2 is 1.55 bits per heavy atom. The van der Waals surface area contributed by atoms with Gasteiger partial charge in [0.1, 0.15) is 0 Å². The first-order valence-electron chi connectivity index (χ1n) is 7.94. The van der Waals surface area contributed by atoms with E-state index in [9.17, 15) is 12.9 Å². The van der Waals surface area contributed by atoms with Crippen molar-refractivity contribution in [2.24, 2.45) is 0 Å². The van der Waals surface area contributed by atoms with Crippen LogP contribution >= 0.6 is 0 Å². The molecule has 0 unspecified atom stereocenters. The molecule has 1 nitrogen and oxygen atoms in total. The molecule has 0 aromatic heterocycles. The van der Waals surface area contributed by atoms with Crippen LogP contribution in [0.15, 0.2) is 36.4 Å². The molecule has 1 fully saturated rings. The van der Waals surface area contributed by atoms with Crippen molar-refractivity contribution < 1.29 is 17.7 Å². The normalized spacial score (nSPS) is 17.4. The van der Waals surface area contributed by atoms with E-state index in [0.717, 1.165) is 38.5 Å². The van der Waals surface area contributed by atoms with Crippen LogP contribution in [0.2, 0.25) is 0 Å². The topological polar surface area (TPSA) is 9.23 Å². The molecule has 0 bridgehead atoms. The number of fused-ring (bicyclic) bond motifs is 1. The SMILES string of the molecule is F[B-](F)(F)c1c(OC2CCCCCC2)ccc2ccccc12. The van der Waals surface area contributed by atoms with Gasteiger partial charge in [0, 0.05) is 0 Å². The van der Waals surface area contributed by atoms with E-state index in [2.05, 4.69) is 0 Å². The van der Waals surface area contributed by atoms with E-state index in [1.165, 1.54) is 12.1 Å². The van der Waals surface area contributed by atoms with E-state index in [0.29, 0.717) is 5.39 Å². The minimum Gasteiger partial charge on any atom is -0.493 e. The summed E-state index contributed by atoms with van der Waals surface area (Å²) in [7, 11) is 0. The smallest absolute Gasteiger partial charge is 0.493 e. The second-order valence-electron chi connectivity index (χ2n) is 6.00. The molecule has 1 aliphatic carbocycles. The highest BCUT2D eigenvalue weighted by atomic mass is 19.4. The lowest BCUT2D eigenvalue weighted by molar-refractivity contribution is 0.185. The van der Waals surface area contributed by atoms with Crippen molar-refractivity contribution in [3.63, 3.8) is 0 Å². The van der Waals surface area contributed by atoms with Crippen molar-refractivity contribution >= 4 is 23.2 Å². The third-order valence-electron chi connectivity index (χ3n) is 4.35. The number of ether oxygens (including phenoxy) is 1. The molecule has 2 aromatic rings. The molecule has 0 heterocycles. The van der Waals surface area contributed by atoms with E-state index in [-0.39, 0.29) is 17.2 Å². The first-order chi connectivity index (χ1) is 10.6. The van der Waals surface area contributed by atoms with Crippen molar-refractivity contribution in [3.05, 3.63) is 36.4 Å². The fourth-order valence-corrected chi connectivity index (χ4v) is 3.26. The summed E-state index contributed by atoms with van der Waals surface area (Å²) >= 11 is 0. The summed E-state index contributed by atoms with van der Waals surface area (Å²) in [4.78, 5) is 0. The molecule has 5 heteroatoms. The summed E-state index contributed by atoms with van der Waals surface area (Å²) in [6.45, 7) is -5.11. The van der Waals surface area contributed by atoms with E-state index >= 15 is 0 Å². The first-order valence-corrected chi connectivity index (χ1v) is 7.94. The Morgan fingerprint density at radius 1 is 0.864 bits per heavy atom. The Bertz CT molecular complexity index is 646. The van der Waals surface area contributed by atoms with Gasteiger partial charge in [-0.3, -0.25) is 0 Å². The zero-order valence-electron chi connectivity index (χ0n) is 12.4. The van der Waals surface area contributed by atoms with Crippen LogP contribution in [0.5, 0.6) is 5.75 Å². The Hall–Kier alpha value is -1.65. The fourth-order valence-electron chi connectivity index (χ4n) is 3.26.